The highest BCUT2D eigenvalue weighted by molar-refractivity contribution is 6.31. The third-order valence-corrected chi connectivity index (χ3v) is 5.48. The van der Waals surface area contributed by atoms with Gasteiger partial charge in [0.2, 0.25) is 5.91 Å². The second-order valence-corrected chi connectivity index (χ2v) is 7.27. The molecule has 0 unspecified atom stereocenters. The molecule has 2 aliphatic heterocycles. The fraction of sp³-hybridized carbons (Fsp3) is 0.278. The molecule has 3 atom stereocenters. The first-order valence-corrected chi connectivity index (χ1v) is 8.52. The van der Waals surface area contributed by atoms with Crippen LogP contribution in [0.2, 0.25) is 10.0 Å². The molecule has 0 bridgehead atoms. The molecule has 124 valence electrons. The molecule has 2 aromatic rings. The summed E-state index contributed by atoms with van der Waals surface area (Å²) in [6, 6.07) is 10.3. The Bertz CT molecular complexity index is 857. The first kappa shape index (κ1) is 15.9. The minimum atomic E-state index is -1.01. The summed E-state index contributed by atoms with van der Waals surface area (Å²) in [6.07, 6.45) is 0.632. The number of hydrogen-bond donors (Lipinski definition) is 2. The van der Waals surface area contributed by atoms with Crippen LogP contribution in [0.3, 0.4) is 0 Å². The largest absolute Gasteiger partial charge is 0.324 e. The van der Waals surface area contributed by atoms with Crippen LogP contribution in [0.1, 0.15) is 30.4 Å². The van der Waals surface area contributed by atoms with Gasteiger partial charge in [0, 0.05) is 28.2 Å². The van der Waals surface area contributed by atoms with Crippen molar-refractivity contribution in [2.75, 3.05) is 5.32 Å². The first-order valence-electron chi connectivity index (χ1n) is 7.76. The van der Waals surface area contributed by atoms with Gasteiger partial charge in [0.1, 0.15) is 11.4 Å². The molecule has 6 heteroatoms. The van der Waals surface area contributed by atoms with E-state index in [1.165, 1.54) is 6.07 Å². The third-order valence-electron chi connectivity index (χ3n) is 4.96. The van der Waals surface area contributed by atoms with Gasteiger partial charge in [0.05, 0.1) is 5.02 Å². The summed E-state index contributed by atoms with van der Waals surface area (Å²) in [6.45, 7) is 1.99. The molecular formula is C18H15Cl2FN2O. The lowest BCUT2D eigenvalue weighted by atomic mass is 9.76. The van der Waals surface area contributed by atoms with Gasteiger partial charge in [-0.15, -0.1) is 0 Å². The summed E-state index contributed by atoms with van der Waals surface area (Å²) in [7, 11) is 0. The lowest BCUT2D eigenvalue weighted by Crippen LogP contribution is -2.48. The van der Waals surface area contributed by atoms with Crippen molar-refractivity contribution in [3.8, 4) is 0 Å². The Balaban J connectivity index is 1.93. The predicted octanol–water partition coefficient (Wildman–Crippen LogP) is 4.45. The second-order valence-electron chi connectivity index (χ2n) is 6.43. The van der Waals surface area contributed by atoms with Gasteiger partial charge in [0.25, 0.3) is 0 Å². The zero-order valence-electron chi connectivity index (χ0n) is 12.9. The maximum Gasteiger partial charge on any atom is 0.250 e. The van der Waals surface area contributed by atoms with Crippen LogP contribution in [-0.4, -0.2) is 11.9 Å². The van der Waals surface area contributed by atoms with Gasteiger partial charge >= 0.3 is 0 Å². The Morgan fingerprint density at radius 3 is 2.83 bits per heavy atom. The minimum Gasteiger partial charge on any atom is -0.324 e. The molecule has 2 aromatic carbocycles. The molecule has 4 rings (SSSR count). The average Bonchev–Trinajstić information content (AvgIpc) is 3.01. The quantitative estimate of drug-likeness (QED) is 0.784. The van der Waals surface area contributed by atoms with Crippen molar-refractivity contribution < 1.29 is 9.18 Å². The van der Waals surface area contributed by atoms with Crippen molar-refractivity contribution in [1.29, 1.82) is 0 Å². The lowest BCUT2D eigenvalue weighted by molar-refractivity contribution is -0.122. The van der Waals surface area contributed by atoms with E-state index < -0.39 is 11.4 Å². The Hall–Kier alpha value is -1.62. The van der Waals surface area contributed by atoms with Crippen LogP contribution in [0.25, 0.3) is 0 Å². The number of carbonyl (C=O) groups excluding carboxylic acids is 1. The molecule has 1 saturated heterocycles. The Morgan fingerprint density at radius 1 is 1.25 bits per heavy atom. The van der Waals surface area contributed by atoms with E-state index in [0.717, 1.165) is 5.56 Å². The number of halogens is 3. The van der Waals surface area contributed by atoms with Crippen molar-refractivity contribution in [2.45, 2.75) is 30.8 Å². The molecule has 2 heterocycles. The van der Waals surface area contributed by atoms with Gasteiger partial charge in [-0.1, -0.05) is 41.4 Å². The van der Waals surface area contributed by atoms with E-state index in [4.69, 9.17) is 23.2 Å². The monoisotopic (exact) mass is 364 g/mol. The molecule has 1 amide bonds. The zero-order chi connectivity index (χ0) is 17.1. The van der Waals surface area contributed by atoms with Crippen LogP contribution >= 0.6 is 23.2 Å². The number of hydrogen-bond acceptors (Lipinski definition) is 2. The standard InChI is InChI=1S/C18H15Cl2FN2O/c1-9-7-13(11-3-2-4-14(20)16(11)21)18(23-9)12-6-5-10(19)8-15(12)22-17(18)24/h2-6,8-9,13,23H,7H2,1H3,(H,22,24)/t9-,13+,18+/m0/s1. The number of anilines is 1. The maximum atomic E-state index is 14.7. The number of rotatable bonds is 1. The number of benzene rings is 2. The fourth-order valence-corrected chi connectivity index (χ4v) is 4.38. The van der Waals surface area contributed by atoms with Gasteiger partial charge < -0.3 is 5.32 Å². The summed E-state index contributed by atoms with van der Waals surface area (Å²) < 4.78 is 14.7. The molecule has 0 saturated carbocycles. The van der Waals surface area contributed by atoms with Crippen molar-refractivity contribution in [3.63, 3.8) is 0 Å². The molecule has 0 aliphatic carbocycles. The normalized spacial score (nSPS) is 28.2. The number of nitrogens with one attached hydrogen (secondary N) is 2. The topological polar surface area (TPSA) is 41.1 Å². The summed E-state index contributed by atoms with van der Waals surface area (Å²) in [4.78, 5) is 12.9. The van der Waals surface area contributed by atoms with E-state index in [1.807, 2.05) is 13.0 Å². The van der Waals surface area contributed by atoms with Gasteiger partial charge in [-0.25, -0.2) is 4.39 Å². The minimum absolute atomic E-state index is 0.0563. The van der Waals surface area contributed by atoms with Gasteiger partial charge in [0.15, 0.2) is 0 Å². The van der Waals surface area contributed by atoms with Gasteiger partial charge in [-0.3, -0.25) is 10.1 Å². The van der Waals surface area contributed by atoms with Crippen LogP contribution in [0.15, 0.2) is 36.4 Å². The van der Waals surface area contributed by atoms with Crippen LogP contribution in [-0.2, 0) is 10.3 Å². The SMILES string of the molecule is C[C@H]1C[C@H](c2cccc(Cl)c2F)[C@@]2(N1)C(=O)Nc1cc(Cl)ccc12. The number of amides is 1. The number of carbonyl (C=O) groups is 1. The van der Waals surface area contributed by atoms with Gasteiger partial charge in [-0.05, 0) is 37.1 Å². The van der Waals surface area contributed by atoms with Crippen molar-refractivity contribution in [2.24, 2.45) is 0 Å². The second kappa shape index (κ2) is 5.45. The van der Waals surface area contributed by atoms with E-state index in [1.54, 1.807) is 24.3 Å². The fourth-order valence-electron chi connectivity index (χ4n) is 4.02. The molecule has 2 aliphatic rings. The molecule has 0 aromatic heterocycles. The van der Waals surface area contributed by atoms with Gasteiger partial charge in [-0.2, -0.15) is 0 Å². The van der Waals surface area contributed by atoms with E-state index in [-0.39, 0.29) is 22.9 Å². The molecular weight excluding hydrogens is 350 g/mol. The van der Waals surface area contributed by atoms with E-state index in [9.17, 15) is 9.18 Å². The highest BCUT2D eigenvalue weighted by Gasteiger charge is 2.57. The summed E-state index contributed by atoms with van der Waals surface area (Å²) in [5.41, 5.74) is 0.912. The Kier molecular flexibility index (Phi) is 3.60. The molecule has 1 spiro atoms. The summed E-state index contributed by atoms with van der Waals surface area (Å²) >= 11 is 12.0. The van der Waals surface area contributed by atoms with E-state index in [0.29, 0.717) is 22.7 Å². The van der Waals surface area contributed by atoms with Crippen LogP contribution in [0, 0.1) is 5.82 Å². The Morgan fingerprint density at radius 2 is 2.04 bits per heavy atom. The van der Waals surface area contributed by atoms with Crippen LogP contribution in [0.5, 0.6) is 0 Å². The average molecular weight is 365 g/mol. The number of fused-ring (bicyclic) bond motifs is 2. The van der Waals surface area contributed by atoms with Crippen molar-refractivity contribution in [1.82, 2.24) is 5.32 Å². The molecule has 24 heavy (non-hydrogen) atoms. The van der Waals surface area contributed by atoms with Crippen LogP contribution in [0.4, 0.5) is 10.1 Å². The molecule has 2 N–H and O–H groups in total. The predicted molar refractivity (Wildman–Crippen MR) is 93.1 cm³/mol. The first-order chi connectivity index (χ1) is 11.4. The maximum absolute atomic E-state index is 14.7. The third kappa shape index (κ3) is 2.10. The highest BCUT2D eigenvalue weighted by Crippen LogP contribution is 2.52. The zero-order valence-corrected chi connectivity index (χ0v) is 14.4. The van der Waals surface area contributed by atoms with E-state index >= 15 is 0 Å². The highest BCUT2D eigenvalue weighted by atomic mass is 35.5. The Labute approximate surface area is 149 Å². The molecule has 3 nitrogen and oxygen atoms in total. The molecule has 1 fully saturated rings. The van der Waals surface area contributed by atoms with Crippen molar-refractivity contribution in [3.05, 3.63) is 63.4 Å². The van der Waals surface area contributed by atoms with Crippen molar-refractivity contribution >= 4 is 34.8 Å². The summed E-state index contributed by atoms with van der Waals surface area (Å²) in [5.74, 6) is -1.00. The van der Waals surface area contributed by atoms with E-state index in [2.05, 4.69) is 10.6 Å². The summed E-state index contributed by atoms with van der Waals surface area (Å²) in [5, 5.41) is 6.88. The smallest absolute Gasteiger partial charge is 0.250 e. The lowest BCUT2D eigenvalue weighted by Gasteiger charge is -2.30. The molecule has 0 radical (unpaired) electrons. The van der Waals surface area contributed by atoms with Crippen LogP contribution < -0.4 is 10.6 Å².